The van der Waals surface area contributed by atoms with Crippen molar-refractivity contribution in [1.29, 1.82) is 0 Å². The highest BCUT2D eigenvalue weighted by Gasteiger charge is 2.47. The van der Waals surface area contributed by atoms with Crippen LogP contribution in [0.5, 0.6) is 0 Å². The highest BCUT2D eigenvalue weighted by atomic mass is 15.3. The first-order valence-electron chi connectivity index (χ1n) is 12.6. The van der Waals surface area contributed by atoms with E-state index in [2.05, 4.69) is 99.0 Å². The molecule has 2 atom stereocenters. The van der Waals surface area contributed by atoms with E-state index in [-0.39, 0.29) is 5.41 Å². The zero-order chi connectivity index (χ0) is 22.7. The number of hydrogen-bond donors (Lipinski definition) is 0. The minimum absolute atomic E-state index is 0.0805. The summed E-state index contributed by atoms with van der Waals surface area (Å²) in [5.74, 6) is 1.25. The molecule has 0 amide bonds. The lowest BCUT2D eigenvalue weighted by Gasteiger charge is -2.53. The Bertz CT molecular complexity index is 892. The molecule has 0 aromatic heterocycles. The van der Waals surface area contributed by atoms with Crippen LogP contribution in [-0.2, 0) is 5.41 Å². The minimum Gasteiger partial charge on any atom is -0.357 e. The average molecular weight is 432 g/mol. The first-order valence-corrected chi connectivity index (χ1v) is 12.6. The maximum Gasteiger partial charge on any atom is 0.0960 e. The van der Waals surface area contributed by atoms with Crippen LogP contribution in [0.25, 0.3) is 11.1 Å². The molecule has 0 spiro atoms. The van der Waals surface area contributed by atoms with Gasteiger partial charge in [0.05, 0.1) is 12.4 Å². The minimum atomic E-state index is 0.0805. The number of rotatable bonds is 7. The second kappa shape index (κ2) is 9.79. The van der Waals surface area contributed by atoms with E-state index in [1.54, 1.807) is 0 Å². The predicted octanol–water partition coefficient (Wildman–Crippen LogP) is 6.39. The van der Waals surface area contributed by atoms with Gasteiger partial charge in [-0.1, -0.05) is 54.6 Å². The summed E-state index contributed by atoms with van der Waals surface area (Å²) in [7, 11) is 0. The van der Waals surface area contributed by atoms with Crippen molar-refractivity contribution >= 4 is 5.84 Å². The van der Waals surface area contributed by atoms with Gasteiger partial charge in [-0.05, 0) is 83.5 Å². The SMILES string of the molecule is CC1=NCC(CCN(C(C)C)C(C)C)(c2ccc(-c3ccccc3)cc2)C2CCCCN12. The molecule has 2 aromatic rings. The van der Waals surface area contributed by atoms with Crippen LogP contribution in [0.2, 0.25) is 0 Å². The maximum atomic E-state index is 5.12. The molecule has 3 heteroatoms. The molecule has 2 unspecified atom stereocenters. The predicted molar refractivity (Wildman–Crippen MR) is 137 cm³/mol. The second-order valence-electron chi connectivity index (χ2n) is 10.3. The zero-order valence-corrected chi connectivity index (χ0v) is 20.7. The molecule has 1 fully saturated rings. The van der Waals surface area contributed by atoms with Gasteiger partial charge in [-0.15, -0.1) is 0 Å². The Morgan fingerprint density at radius 1 is 0.938 bits per heavy atom. The lowest BCUT2D eigenvalue weighted by atomic mass is 9.67. The van der Waals surface area contributed by atoms with E-state index in [0.717, 1.165) is 26.1 Å². The van der Waals surface area contributed by atoms with Crippen LogP contribution < -0.4 is 0 Å². The Kier molecular flexibility index (Phi) is 7.05. The van der Waals surface area contributed by atoms with Gasteiger partial charge in [0.15, 0.2) is 0 Å². The Hall–Kier alpha value is -2.13. The summed E-state index contributed by atoms with van der Waals surface area (Å²) in [4.78, 5) is 10.4. The van der Waals surface area contributed by atoms with E-state index >= 15 is 0 Å². The lowest BCUT2D eigenvalue weighted by molar-refractivity contribution is 0.0958. The van der Waals surface area contributed by atoms with Crippen molar-refractivity contribution in [2.24, 2.45) is 4.99 Å². The largest absolute Gasteiger partial charge is 0.357 e. The van der Waals surface area contributed by atoms with Crippen molar-refractivity contribution in [2.75, 3.05) is 19.6 Å². The number of benzene rings is 2. The number of nitrogens with zero attached hydrogens (tertiary/aromatic N) is 3. The third kappa shape index (κ3) is 4.50. The van der Waals surface area contributed by atoms with E-state index in [4.69, 9.17) is 4.99 Å². The average Bonchev–Trinajstić information content (AvgIpc) is 2.81. The Balaban J connectivity index is 1.71. The number of piperidine rings is 1. The third-order valence-electron chi connectivity index (χ3n) is 7.86. The molecule has 2 aromatic carbocycles. The summed E-state index contributed by atoms with van der Waals surface area (Å²) in [6, 6.07) is 21.9. The normalized spacial score (nSPS) is 23.6. The molecule has 0 radical (unpaired) electrons. The van der Waals surface area contributed by atoms with E-state index in [9.17, 15) is 0 Å². The molecule has 172 valence electrons. The molecule has 2 aliphatic heterocycles. The molecule has 2 heterocycles. The van der Waals surface area contributed by atoms with E-state index in [1.165, 1.54) is 41.8 Å². The molecular formula is C29H41N3. The van der Waals surface area contributed by atoms with E-state index < -0.39 is 0 Å². The van der Waals surface area contributed by atoms with Crippen LogP contribution in [0, 0.1) is 0 Å². The van der Waals surface area contributed by atoms with Crippen LogP contribution in [0.4, 0.5) is 0 Å². The van der Waals surface area contributed by atoms with Crippen LogP contribution in [-0.4, -0.2) is 53.4 Å². The molecule has 32 heavy (non-hydrogen) atoms. The molecule has 4 rings (SSSR count). The van der Waals surface area contributed by atoms with Crippen molar-refractivity contribution < 1.29 is 0 Å². The monoisotopic (exact) mass is 431 g/mol. The van der Waals surface area contributed by atoms with Gasteiger partial charge in [0.1, 0.15) is 0 Å². The van der Waals surface area contributed by atoms with Crippen molar-refractivity contribution in [3.05, 3.63) is 60.2 Å². The topological polar surface area (TPSA) is 18.8 Å². The first kappa shape index (κ1) is 23.0. The number of fused-ring (bicyclic) bond motifs is 1. The molecular weight excluding hydrogens is 390 g/mol. The van der Waals surface area contributed by atoms with Crippen molar-refractivity contribution in [1.82, 2.24) is 9.80 Å². The van der Waals surface area contributed by atoms with Gasteiger partial charge in [-0.2, -0.15) is 0 Å². The maximum absolute atomic E-state index is 5.12. The fourth-order valence-corrected chi connectivity index (χ4v) is 6.09. The van der Waals surface area contributed by atoms with E-state index in [1.807, 2.05) is 0 Å². The van der Waals surface area contributed by atoms with Crippen molar-refractivity contribution in [3.8, 4) is 11.1 Å². The van der Waals surface area contributed by atoms with E-state index in [0.29, 0.717) is 18.1 Å². The summed E-state index contributed by atoms with van der Waals surface area (Å²) in [6.07, 6.45) is 5.05. The zero-order valence-electron chi connectivity index (χ0n) is 20.7. The second-order valence-corrected chi connectivity index (χ2v) is 10.3. The molecule has 0 bridgehead atoms. The van der Waals surface area contributed by atoms with Gasteiger partial charge in [0.2, 0.25) is 0 Å². The summed E-state index contributed by atoms with van der Waals surface area (Å²) in [5, 5.41) is 0. The van der Waals surface area contributed by atoms with Gasteiger partial charge in [-0.3, -0.25) is 9.89 Å². The smallest absolute Gasteiger partial charge is 0.0960 e. The van der Waals surface area contributed by atoms with Gasteiger partial charge in [0.25, 0.3) is 0 Å². The van der Waals surface area contributed by atoms with Gasteiger partial charge in [-0.25, -0.2) is 0 Å². The quantitative estimate of drug-likeness (QED) is 0.506. The fourth-order valence-electron chi connectivity index (χ4n) is 6.09. The van der Waals surface area contributed by atoms with Gasteiger partial charge in [0, 0.05) is 30.1 Å². The standard InChI is InChI=1S/C29H41N3/c1-22(2)31(23(3)4)20-18-29(21-30-24(5)32-19-10-9-13-28(29)32)27-16-14-26(15-17-27)25-11-7-6-8-12-25/h6-8,11-12,14-17,22-23,28H,9-10,13,18-21H2,1-5H3. The number of amidine groups is 1. The van der Waals surface area contributed by atoms with Gasteiger partial charge < -0.3 is 4.90 Å². The van der Waals surface area contributed by atoms with Crippen LogP contribution in [0.3, 0.4) is 0 Å². The van der Waals surface area contributed by atoms with Crippen molar-refractivity contribution in [2.45, 2.75) is 83.8 Å². The highest BCUT2D eigenvalue weighted by molar-refractivity contribution is 5.81. The Morgan fingerprint density at radius 3 is 2.25 bits per heavy atom. The highest BCUT2D eigenvalue weighted by Crippen LogP contribution is 2.43. The molecule has 0 N–H and O–H groups in total. The van der Waals surface area contributed by atoms with Crippen LogP contribution >= 0.6 is 0 Å². The third-order valence-corrected chi connectivity index (χ3v) is 7.86. The van der Waals surface area contributed by atoms with Crippen LogP contribution in [0.1, 0.15) is 65.9 Å². The van der Waals surface area contributed by atoms with Gasteiger partial charge >= 0.3 is 0 Å². The molecule has 0 aliphatic carbocycles. The summed E-state index contributed by atoms with van der Waals surface area (Å²) < 4.78 is 0. The summed E-state index contributed by atoms with van der Waals surface area (Å²) >= 11 is 0. The number of aliphatic imine (C=N–C) groups is 1. The molecule has 1 saturated heterocycles. The Labute approximate surface area is 195 Å². The number of hydrogen-bond acceptors (Lipinski definition) is 3. The lowest BCUT2D eigenvalue weighted by Crippen LogP contribution is -2.60. The molecule has 0 saturated carbocycles. The molecule has 2 aliphatic rings. The first-order chi connectivity index (χ1) is 15.4. The van der Waals surface area contributed by atoms with Crippen LogP contribution in [0.15, 0.2) is 59.6 Å². The molecule has 3 nitrogen and oxygen atoms in total. The summed E-state index contributed by atoms with van der Waals surface area (Å²) in [5.41, 5.74) is 4.14. The summed E-state index contributed by atoms with van der Waals surface area (Å²) in [6.45, 7) is 14.7. The van der Waals surface area contributed by atoms with Crippen molar-refractivity contribution in [3.63, 3.8) is 0 Å². The fraction of sp³-hybridized carbons (Fsp3) is 0.552. The Morgan fingerprint density at radius 2 is 1.59 bits per heavy atom.